The van der Waals surface area contributed by atoms with Crippen LogP contribution in [0.25, 0.3) is 17.2 Å². The molecule has 0 radical (unpaired) electrons. The second kappa shape index (κ2) is 9.95. The number of methoxy groups -OCH3 is 3. The fourth-order valence-corrected chi connectivity index (χ4v) is 4.24. The maximum atomic E-state index is 12.6. The summed E-state index contributed by atoms with van der Waals surface area (Å²) in [5.41, 5.74) is 2.68. The molecule has 0 fully saturated rings. The van der Waals surface area contributed by atoms with Crippen LogP contribution in [0.4, 0.5) is 5.00 Å². The number of anilines is 1. The van der Waals surface area contributed by atoms with E-state index in [-0.39, 0.29) is 5.91 Å². The minimum Gasteiger partial charge on any atom is -0.497 e. The number of amides is 1. The van der Waals surface area contributed by atoms with Crippen molar-refractivity contribution in [3.05, 3.63) is 70.6 Å². The van der Waals surface area contributed by atoms with E-state index in [4.69, 9.17) is 14.2 Å². The third-order valence-electron chi connectivity index (χ3n) is 4.62. The third-order valence-corrected chi connectivity index (χ3v) is 5.64. The molecule has 1 N–H and O–H groups in total. The quantitative estimate of drug-likeness (QED) is 0.407. The summed E-state index contributed by atoms with van der Waals surface area (Å²) in [6.45, 7) is 1.91. The molecule has 3 rings (SSSR count). The van der Waals surface area contributed by atoms with E-state index in [0.717, 1.165) is 16.0 Å². The van der Waals surface area contributed by atoms with Crippen LogP contribution >= 0.6 is 11.3 Å². The summed E-state index contributed by atoms with van der Waals surface area (Å²) < 4.78 is 15.5. The molecular weight excluding hydrogens is 414 g/mol. The van der Waals surface area contributed by atoms with Crippen molar-refractivity contribution < 1.29 is 23.8 Å². The van der Waals surface area contributed by atoms with Gasteiger partial charge in [0.1, 0.15) is 22.1 Å². The van der Waals surface area contributed by atoms with Crippen molar-refractivity contribution in [1.29, 1.82) is 0 Å². The molecule has 2 aromatic carbocycles. The molecule has 0 spiro atoms. The Morgan fingerprint density at radius 1 is 1.00 bits per heavy atom. The summed E-state index contributed by atoms with van der Waals surface area (Å²) in [6, 6.07) is 14.9. The van der Waals surface area contributed by atoms with Crippen molar-refractivity contribution in [2.75, 3.05) is 26.6 Å². The zero-order chi connectivity index (χ0) is 22.4. The Bertz CT molecular complexity index is 1120. The SMILES string of the molecule is COC(=O)c1c(NC(=O)/C=C/c2cc(OC)ccc2OC)sc(C)c1-c1ccccc1. The molecule has 0 unspecified atom stereocenters. The summed E-state index contributed by atoms with van der Waals surface area (Å²) in [6.07, 6.45) is 3.02. The predicted molar refractivity (Wildman–Crippen MR) is 123 cm³/mol. The first kappa shape index (κ1) is 22.1. The van der Waals surface area contributed by atoms with Crippen molar-refractivity contribution in [3.63, 3.8) is 0 Å². The number of benzene rings is 2. The molecule has 3 aromatic rings. The highest BCUT2D eigenvalue weighted by atomic mass is 32.1. The molecule has 31 heavy (non-hydrogen) atoms. The zero-order valence-electron chi connectivity index (χ0n) is 17.7. The molecule has 1 heterocycles. The Labute approximate surface area is 185 Å². The second-order valence-electron chi connectivity index (χ2n) is 6.53. The largest absolute Gasteiger partial charge is 0.497 e. The van der Waals surface area contributed by atoms with Gasteiger partial charge < -0.3 is 19.5 Å². The lowest BCUT2D eigenvalue weighted by molar-refractivity contribution is -0.111. The van der Waals surface area contributed by atoms with E-state index in [1.807, 2.05) is 37.3 Å². The molecule has 0 aliphatic heterocycles. The lowest BCUT2D eigenvalue weighted by Gasteiger charge is -2.08. The number of hydrogen-bond acceptors (Lipinski definition) is 6. The van der Waals surface area contributed by atoms with Crippen LogP contribution in [0.2, 0.25) is 0 Å². The van der Waals surface area contributed by atoms with Crippen molar-refractivity contribution in [2.24, 2.45) is 0 Å². The summed E-state index contributed by atoms with van der Waals surface area (Å²) >= 11 is 1.33. The Balaban J connectivity index is 1.92. The van der Waals surface area contributed by atoms with Crippen LogP contribution in [0.5, 0.6) is 11.5 Å². The number of carbonyl (C=O) groups excluding carboxylic acids is 2. The number of aryl methyl sites for hydroxylation is 1. The van der Waals surface area contributed by atoms with Gasteiger partial charge in [0.25, 0.3) is 0 Å². The summed E-state index contributed by atoms with van der Waals surface area (Å²) in [5.74, 6) is 0.376. The summed E-state index contributed by atoms with van der Waals surface area (Å²) in [4.78, 5) is 26.1. The van der Waals surface area contributed by atoms with Crippen LogP contribution in [0, 0.1) is 6.92 Å². The van der Waals surface area contributed by atoms with Crippen molar-refractivity contribution in [3.8, 4) is 22.6 Å². The first-order valence-corrected chi connectivity index (χ1v) is 10.3. The summed E-state index contributed by atoms with van der Waals surface area (Å²) in [5, 5.41) is 3.25. The van der Waals surface area contributed by atoms with Crippen LogP contribution in [0.3, 0.4) is 0 Å². The zero-order valence-corrected chi connectivity index (χ0v) is 18.5. The molecule has 1 amide bonds. The Morgan fingerprint density at radius 3 is 2.39 bits per heavy atom. The van der Waals surface area contributed by atoms with E-state index in [1.54, 1.807) is 38.5 Å². The number of rotatable bonds is 7. The van der Waals surface area contributed by atoms with Gasteiger partial charge in [-0.3, -0.25) is 4.79 Å². The van der Waals surface area contributed by atoms with Gasteiger partial charge in [0.15, 0.2) is 0 Å². The topological polar surface area (TPSA) is 73.9 Å². The van der Waals surface area contributed by atoms with Gasteiger partial charge >= 0.3 is 5.97 Å². The highest BCUT2D eigenvalue weighted by Crippen LogP contribution is 2.40. The molecule has 0 aliphatic carbocycles. The highest BCUT2D eigenvalue weighted by Gasteiger charge is 2.24. The molecule has 7 heteroatoms. The van der Waals surface area contributed by atoms with Crippen LogP contribution in [-0.4, -0.2) is 33.2 Å². The molecule has 160 valence electrons. The van der Waals surface area contributed by atoms with Gasteiger partial charge in [-0.1, -0.05) is 30.3 Å². The minimum atomic E-state index is -0.503. The van der Waals surface area contributed by atoms with E-state index in [9.17, 15) is 9.59 Å². The van der Waals surface area contributed by atoms with E-state index in [1.165, 1.54) is 24.5 Å². The van der Waals surface area contributed by atoms with E-state index < -0.39 is 5.97 Å². The number of carbonyl (C=O) groups is 2. The number of ether oxygens (including phenoxy) is 3. The normalized spacial score (nSPS) is 10.7. The van der Waals surface area contributed by atoms with Gasteiger partial charge in [-0.05, 0) is 36.8 Å². The van der Waals surface area contributed by atoms with Crippen LogP contribution in [0.15, 0.2) is 54.6 Å². The molecule has 6 nitrogen and oxygen atoms in total. The van der Waals surface area contributed by atoms with E-state index in [0.29, 0.717) is 27.6 Å². The maximum Gasteiger partial charge on any atom is 0.341 e. The fraction of sp³-hybridized carbons (Fsp3) is 0.167. The predicted octanol–water partition coefficient (Wildman–Crippen LogP) is 5.18. The van der Waals surface area contributed by atoms with Gasteiger partial charge in [-0.2, -0.15) is 0 Å². The van der Waals surface area contributed by atoms with Gasteiger partial charge in [0.2, 0.25) is 5.91 Å². The summed E-state index contributed by atoms with van der Waals surface area (Å²) in [7, 11) is 4.45. The Kier molecular flexibility index (Phi) is 7.10. The van der Waals surface area contributed by atoms with Gasteiger partial charge in [-0.25, -0.2) is 4.79 Å². The number of thiophene rings is 1. The minimum absolute atomic E-state index is 0.344. The van der Waals surface area contributed by atoms with Crippen LogP contribution in [-0.2, 0) is 9.53 Å². The smallest absolute Gasteiger partial charge is 0.341 e. The van der Waals surface area contributed by atoms with Gasteiger partial charge in [0.05, 0.1) is 21.3 Å². The average molecular weight is 438 g/mol. The van der Waals surface area contributed by atoms with Crippen LogP contribution in [0.1, 0.15) is 20.8 Å². The standard InChI is InChI=1S/C24H23NO5S/c1-15-21(16-8-6-5-7-9-16)22(24(27)30-4)23(31-15)25-20(26)13-10-17-14-18(28-2)11-12-19(17)29-3/h5-14H,1-4H3,(H,25,26)/b13-10+. The van der Waals surface area contributed by atoms with Crippen molar-refractivity contribution in [2.45, 2.75) is 6.92 Å². The van der Waals surface area contributed by atoms with E-state index >= 15 is 0 Å². The first-order valence-electron chi connectivity index (χ1n) is 9.46. The number of esters is 1. The lowest BCUT2D eigenvalue weighted by Crippen LogP contribution is -2.11. The average Bonchev–Trinajstić information content (AvgIpc) is 3.12. The van der Waals surface area contributed by atoms with Crippen molar-refractivity contribution in [1.82, 2.24) is 0 Å². The monoisotopic (exact) mass is 437 g/mol. The number of hydrogen-bond donors (Lipinski definition) is 1. The van der Waals surface area contributed by atoms with Crippen molar-refractivity contribution >= 4 is 34.3 Å². The fourth-order valence-electron chi connectivity index (χ4n) is 3.17. The molecule has 0 saturated carbocycles. The number of nitrogens with one attached hydrogen (secondary N) is 1. The third kappa shape index (κ3) is 4.95. The Morgan fingerprint density at radius 2 is 1.74 bits per heavy atom. The molecule has 0 saturated heterocycles. The van der Waals surface area contributed by atoms with Gasteiger partial charge in [-0.15, -0.1) is 11.3 Å². The van der Waals surface area contributed by atoms with E-state index in [2.05, 4.69) is 5.32 Å². The molecule has 0 bridgehead atoms. The maximum absolute atomic E-state index is 12.6. The van der Waals surface area contributed by atoms with Crippen LogP contribution < -0.4 is 14.8 Å². The molecule has 0 aliphatic rings. The van der Waals surface area contributed by atoms with Gasteiger partial charge in [0, 0.05) is 22.1 Å². The highest BCUT2D eigenvalue weighted by molar-refractivity contribution is 7.17. The second-order valence-corrected chi connectivity index (χ2v) is 7.75. The molecular formula is C24H23NO5S. The molecule has 1 aromatic heterocycles. The first-order chi connectivity index (χ1) is 15.0. The Hall–Kier alpha value is -3.58. The lowest BCUT2D eigenvalue weighted by atomic mass is 10.0. The molecule has 0 atom stereocenters.